The number of rotatable bonds is 8. The Labute approximate surface area is 119 Å². The molecule has 1 rings (SSSR count). The van der Waals surface area contributed by atoms with E-state index in [-0.39, 0.29) is 0 Å². The van der Waals surface area contributed by atoms with Gasteiger partial charge in [0.2, 0.25) is 0 Å². The van der Waals surface area contributed by atoms with E-state index in [9.17, 15) is 0 Å². The standard InChI is InChI=1S/C14H24N2S2/c1-17-13(7-9-15)11-3-5-12(6-4-11)14(18-2)8-10-16/h3-6,13-14H,7-10,15-16H2,1-2H3. The number of hydrogen-bond donors (Lipinski definition) is 2. The van der Waals surface area contributed by atoms with Gasteiger partial charge < -0.3 is 11.5 Å². The van der Waals surface area contributed by atoms with Gasteiger partial charge in [-0.05, 0) is 49.6 Å². The molecule has 102 valence electrons. The van der Waals surface area contributed by atoms with Crippen LogP contribution in [0.15, 0.2) is 24.3 Å². The van der Waals surface area contributed by atoms with Gasteiger partial charge in [0.05, 0.1) is 0 Å². The molecule has 4 N–H and O–H groups in total. The van der Waals surface area contributed by atoms with Crippen LogP contribution in [0.2, 0.25) is 0 Å². The van der Waals surface area contributed by atoms with Crippen LogP contribution in [0, 0.1) is 0 Å². The normalized spacial score (nSPS) is 14.4. The largest absolute Gasteiger partial charge is 0.330 e. The summed E-state index contributed by atoms with van der Waals surface area (Å²) >= 11 is 3.75. The third kappa shape index (κ3) is 4.50. The lowest BCUT2D eigenvalue weighted by Gasteiger charge is -2.17. The lowest BCUT2D eigenvalue weighted by molar-refractivity contribution is 0.805. The summed E-state index contributed by atoms with van der Waals surface area (Å²) in [6.07, 6.45) is 6.37. The fourth-order valence-corrected chi connectivity index (χ4v) is 3.67. The zero-order valence-corrected chi connectivity index (χ0v) is 12.9. The first-order valence-electron chi connectivity index (χ1n) is 6.32. The lowest BCUT2D eigenvalue weighted by atomic mass is 10.0. The summed E-state index contributed by atoms with van der Waals surface area (Å²) in [5.41, 5.74) is 14.1. The third-order valence-electron chi connectivity index (χ3n) is 3.11. The van der Waals surface area contributed by atoms with E-state index in [1.807, 2.05) is 23.5 Å². The van der Waals surface area contributed by atoms with Gasteiger partial charge in [-0.2, -0.15) is 23.5 Å². The van der Waals surface area contributed by atoms with Gasteiger partial charge in [-0.25, -0.2) is 0 Å². The van der Waals surface area contributed by atoms with Crippen molar-refractivity contribution in [1.82, 2.24) is 0 Å². The molecule has 0 aliphatic heterocycles. The summed E-state index contributed by atoms with van der Waals surface area (Å²) < 4.78 is 0. The molecule has 0 bridgehead atoms. The minimum atomic E-state index is 0.520. The van der Waals surface area contributed by atoms with Crippen molar-refractivity contribution < 1.29 is 0 Å². The molecule has 0 radical (unpaired) electrons. The maximum absolute atomic E-state index is 5.65. The summed E-state index contributed by atoms with van der Waals surface area (Å²) in [7, 11) is 0. The highest BCUT2D eigenvalue weighted by atomic mass is 32.2. The van der Waals surface area contributed by atoms with E-state index < -0.39 is 0 Å². The highest BCUT2D eigenvalue weighted by Gasteiger charge is 2.12. The van der Waals surface area contributed by atoms with Gasteiger partial charge in [0.15, 0.2) is 0 Å². The minimum absolute atomic E-state index is 0.520. The van der Waals surface area contributed by atoms with E-state index in [0.717, 1.165) is 25.9 Å². The number of thioether (sulfide) groups is 2. The van der Waals surface area contributed by atoms with Crippen LogP contribution in [0.1, 0.15) is 34.5 Å². The van der Waals surface area contributed by atoms with Gasteiger partial charge in [0, 0.05) is 10.5 Å². The Morgan fingerprint density at radius 3 is 1.39 bits per heavy atom. The van der Waals surface area contributed by atoms with Gasteiger partial charge in [0.1, 0.15) is 0 Å². The molecule has 4 heteroatoms. The maximum atomic E-state index is 5.65. The molecule has 0 amide bonds. The van der Waals surface area contributed by atoms with Crippen LogP contribution < -0.4 is 11.5 Å². The van der Waals surface area contributed by atoms with Gasteiger partial charge >= 0.3 is 0 Å². The molecule has 0 aliphatic carbocycles. The van der Waals surface area contributed by atoms with Crippen LogP contribution in [-0.2, 0) is 0 Å². The van der Waals surface area contributed by atoms with Gasteiger partial charge in [0.25, 0.3) is 0 Å². The minimum Gasteiger partial charge on any atom is -0.330 e. The Balaban J connectivity index is 2.77. The summed E-state index contributed by atoms with van der Waals surface area (Å²) in [4.78, 5) is 0. The second-order valence-corrected chi connectivity index (χ2v) is 6.35. The van der Waals surface area contributed by atoms with Crippen LogP contribution >= 0.6 is 23.5 Å². The van der Waals surface area contributed by atoms with Crippen molar-refractivity contribution in [1.29, 1.82) is 0 Å². The van der Waals surface area contributed by atoms with Gasteiger partial charge in [-0.1, -0.05) is 24.3 Å². The Morgan fingerprint density at radius 2 is 1.17 bits per heavy atom. The first-order valence-corrected chi connectivity index (χ1v) is 8.90. The predicted molar refractivity (Wildman–Crippen MR) is 86.3 cm³/mol. The van der Waals surface area contributed by atoms with Crippen LogP contribution in [0.25, 0.3) is 0 Å². The molecular weight excluding hydrogens is 260 g/mol. The molecule has 1 aromatic carbocycles. The molecule has 1 aromatic rings. The van der Waals surface area contributed by atoms with Crippen LogP contribution in [0.5, 0.6) is 0 Å². The molecular formula is C14H24N2S2. The molecule has 2 unspecified atom stereocenters. The third-order valence-corrected chi connectivity index (χ3v) is 5.26. The molecule has 18 heavy (non-hydrogen) atoms. The molecule has 0 heterocycles. The topological polar surface area (TPSA) is 52.0 Å². The molecule has 0 fully saturated rings. The second kappa shape index (κ2) is 8.86. The molecule has 0 aliphatic rings. The van der Waals surface area contributed by atoms with Crippen molar-refractivity contribution in [2.75, 3.05) is 25.6 Å². The lowest BCUT2D eigenvalue weighted by Crippen LogP contribution is -2.06. The van der Waals surface area contributed by atoms with E-state index in [1.165, 1.54) is 11.1 Å². The summed E-state index contributed by atoms with van der Waals surface area (Å²) in [6.45, 7) is 1.49. The zero-order valence-electron chi connectivity index (χ0n) is 11.3. The molecule has 0 saturated carbocycles. The maximum Gasteiger partial charge on any atom is 0.0306 e. The molecule has 2 nitrogen and oxygen atoms in total. The molecule has 0 saturated heterocycles. The van der Waals surface area contributed by atoms with Crippen molar-refractivity contribution in [2.45, 2.75) is 23.3 Å². The highest BCUT2D eigenvalue weighted by Crippen LogP contribution is 2.33. The predicted octanol–water partition coefficient (Wildman–Crippen LogP) is 3.19. The van der Waals surface area contributed by atoms with E-state index in [0.29, 0.717) is 10.5 Å². The van der Waals surface area contributed by atoms with Gasteiger partial charge in [-0.3, -0.25) is 0 Å². The number of hydrogen-bond acceptors (Lipinski definition) is 4. The zero-order chi connectivity index (χ0) is 13.4. The smallest absolute Gasteiger partial charge is 0.0306 e. The SMILES string of the molecule is CSC(CCN)c1ccc(C(CCN)SC)cc1. The average molecular weight is 284 g/mol. The number of nitrogens with two attached hydrogens (primary N) is 2. The Hall–Kier alpha value is -0.160. The van der Waals surface area contributed by atoms with Crippen molar-refractivity contribution in [3.05, 3.63) is 35.4 Å². The number of benzene rings is 1. The van der Waals surface area contributed by atoms with Crippen molar-refractivity contribution in [2.24, 2.45) is 11.5 Å². The van der Waals surface area contributed by atoms with Crippen LogP contribution in [0.3, 0.4) is 0 Å². The quantitative estimate of drug-likeness (QED) is 0.770. The molecule has 0 aromatic heterocycles. The van der Waals surface area contributed by atoms with Crippen molar-refractivity contribution in [3.8, 4) is 0 Å². The Morgan fingerprint density at radius 1 is 0.833 bits per heavy atom. The summed E-state index contributed by atoms with van der Waals surface area (Å²) in [5.74, 6) is 0. The Bertz CT molecular complexity index is 294. The first-order chi connectivity index (χ1) is 8.76. The van der Waals surface area contributed by atoms with Crippen LogP contribution in [0.4, 0.5) is 0 Å². The van der Waals surface area contributed by atoms with E-state index >= 15 is 0 Å². The Kier molecular flexibility index (Phi) is 7.82. The fourth-order valence-electron chi connectivity index (χ4n) is 2.07. The fraction of sp³-hybridized carbons (Fsp3) is 0.571. The second-order valence-electron chi connectivity index (χ2n) is 4.27. The first kappa shape index (κ1) is 15.9. The summed E-state index contributed by atoms with van der Waals surface area (Å²) in [5, 5.41) is 1.04. The van der Waals surface area contributed by atoms with Crippen LogP contribution in [-0.4, -0.2) is 25.6 Å². The monoisotopic (exact) mass is 284 g/mol. The van der Waals surface area contributed by atoms with E-state index in [1.54, 1.807) is 0 Å². The highest BCUT2D eigenvalue weighted by molar-refractivity contribution is 7.99. The summed E-state index contributed by atoms with van der Waals surface area (Å²) in [6, 6.07) is 8.97. The van der Waals surface area contributed by atoms with Crippen molar-refractivity contribution >= 4 is 23.5 Å². The molecule has 2 atom stereocenters. The average Bonchev–Trinajstić information content (AvgIpc) is 2.42. The molecule has 0 spiro atoms. The van der Waals surface area contributed by atoms with Crippen molar-refractivity contribution in [3.63, 3.8) is 0 Å². The van der Waals surface area contributed by atoms with E-state index in [4.69, 9.17) is 11.5 Å². The van der Waals surface area contributed by atoms with Gasteiger partial charge in [-0.15, -0.1) is 0 Å². The van der Waals surface area contributed by atoms with E-state index in [2.05, 4.69) is 36.8 Å².